The van der Waals surface area contributed by atoms with Crippen LogP contribution in [0.25, 0.3) is 127 Å². The third-order valence-electron chi connectivity index (χ3n) is 12.8. The zero-order valence-corrected chi connectivity index (χ0v) is 37.0. The van der Waals surface area contributed by atoms with Crippen LogP contribution in [0.1, 0.15) is 11.1 Å². The number of hydrogen-bond donors (Lipinski definition) is 0. The lowest BCUT2D eigenvalue weighted by Gasteiger charge is -2.17. The minimum Gasteiger partial charge on any atom is -0.456 e. The van der Waals surface area contributed by atoms with Crippen molar-refractivity contribution >= 4 is 55.1 Å². The average molecular weight is 893 g/mol. The SMILES string of the molecule is [C-]#[N+]c1ccc(-c2ccc3c(c2)c2cc(-c4ccc(C#N)cc4C#N)ccc2n3-c2ccc(-c3ccc4c(c3)oc3ccccc34)cc2-c2nc(-c3ccccc3)nc(-c3ccccc3)n2)c([N+]#[C-])c1. The van der Waals surface area contributed by atoms with E-state index < -0.39 is 0 Å². The number of benzene rings is 9. The highest BCUT2D eigenvalue weighted by atomic mass is 16.3. The quantitative estimate of drug-likeness (QED) is 0.147. The molecule has 0 aliphatic rings. The molecular weight excluding hydrogens is 861 g/mol. The van der Waals surface area contributed by atoms with E-state index in [-0.39, 0.29) is 0 Å². The van der Waals surface area contributed by atoms with Gasteiger partial charge in [-0.3, -0.25) is 0 Å². The lowest BCUT2D eigenvalue weighted by molar-refractivity contribution is 0.669. The second-order valence-electron chi connectivity index (χ2n) is 16.8. The van der Waals surface area contributed by atoms with Gasteiger partial charge in [0, 0.05) is 38.2 Å². The monoisotopic (exact) mass is 892 g/mol. The van der Waals surface area contributed by atoms with Crippen LogP contribution in [0, 0.1) is 35.8 Å². The number of nitrogens with zero attached hydrogens (tertiary/aromatic N) is 8. The van der Waals surface area contributed by atoms with Crippen molar-refractivity contribution in [3.63, 3.8) is 0 Å². The van der Waals surface area contributed by atoms with Gasteiger partial charge in [-0.15, -0.1) is 0 Å². The van der Waals surface area contributed by atoms with Gasteiger partial charge in [0.25, 0.3) is 0 Å². The second kappa shape index (κ2) is 16.8. The maximum Gasteiger partial charge on any atom is 0.184 e. The molecule has 9 heteroatoms. The van der Waals surface area contributed by atoms with E-state index in [1.807, 2.05) is 103 Å². The van der Waals surface area contributed by atoms with E-state index in [9.17, 15) is 10.5 Å². The van der Waals surface area contributed by atoms with Crippen LogP contribution in [0.4, 0.5) is 11.4 Å². The van der Waals surface area contributed by atoms with Crippen molar-refractivity contribution in [2.24, 2.45) is 0 Å². The summed E-state index contributed by atoms with van der Waals surface area (Å²) in [7, 11) is 0. The van der Waals surface area contributed by atoms with Gasteiger partial charge in [0.05, 0.1) is 53.1 Å². The van der Waals surface area contributed by atoms with Crippen LogP contribution in [0.3, 0.4) is 0 Å². The van der Waals surface area contributed by atoms with Crippen molar-refractivity contribution in [3.8, 4) is 85.4 Å². The molecule has 0 radical (unpaired) electrons. The lowest BCUT2D eigenvalue weighted by atomic mass is 9.96. The number of hydrogen-bond acceptors (Lipinski definition) is 6. The summed E-state index contributed by atoms with van der Waals surface area (Å²) < 4.78 is 8.59. The molecule has 0 saturated heterocycles. The highest BCUT2D eigenvalue weighted by molar-refractivity contribution is 6.13. The van der Waals surface area contributed by atoms with Gasteiger partial charge in [0.15, 0.2) is 28.8 Å². The van der Waals surface area contributed by atoms with Crippen LogP contribution in [0.2, 0.25) is 0 Å². The Labute approximate surface area is 401 Å². The molecule has 0 bridgehead atoms. The van der Waals surface area contributed by atoms with E-state index in [4.69, 9.17) is 32.5 Å². The first-order valence-electron chi connectivity index (χ1n) is 22.3. The molecule has 0 unspecified atom stereocenters. The highest BCUT2D eigenvalue weighted by Gasteiger charge is 2.23. The van der Waals surface area contributed by atoms with E-state index in [1.165, 1.54) is 0 Å². The zero-order chi connectivity index (χ0) is 47.3. The van der Waals surface area contributed by atoms with Crippen molar-refractivity contribution < 1.29 is 4.42 Å². The van der Waals surface area contributed by atoms with E-state index >= 15 is 0 Å². The minimum absolute atomic E-state index is 0.380. The third kappa shape index (κ3) is 6.97. The number of rotatable bonds is 7. The number of nitriles is 2. The van der Waals surface area contributed by atoms with Gasteiger partial charge < -0.3 is 8.98 Å². The Morgan fingerprint density at radius 2 is 1.03 bits per heavy atom. The summed E-state index contributed by atoms with van der Waals surface area (Å²) in [5.41, 5.74) is 13.0. The highest BCUT2D eigenvalue weighted by Crippen LogP contribution is 2.43. The fourth-order valence-corrected chi connectivity index (χ4v) is 9.43. The summed E-state index contributed by atoms with van der Waals surface area (Å²) in [5, 5.41) is 23.8. The average Bonchev–Trinajstić information content (AvgIpc) is 3.97. The van der Waals surface area contributed by atoms with Gasteiger partial charge in [-0.25, -0.2) is 24.6 Å². The molecule has 0 atom stereocenters. The van der Waals surface area contributed by atoms with E-state index in [0.29, 0.717) is 51.1 Å². The van der Waals surface area contributed by atoms with E-state index in [2.05, 4.69) is 93.1 Å². The molecule has 0 spiro atoms. The maximum absolute atomic E-state index is 10.3. The van der Waals surface area contributed by atoms with Crippen molar-refractivity contribution in [2.45, 2.75) is 0 Å². The molecule has 322 valence electrons. The predicted octanol–water partition coefficient (Wildman–Crippen LogP) is 15.7. The largest absolute Gasteiger partial charge is 0.456 e. The van der Waals surface area contributed by atoms with E-state index in [0.717, 1.165) is 88.4 Å². The molecule has 0 saturated carbocycles. The number of para-hydroxylation sites is 1. The smallest absolute Gasteiger partial charge is 0.184 e. The number of aromatic nitrogens is 4. The molecule has 0 aliphatic heterocycles. The molecule has 3 heterocycles. The van der Waals surface area contributed by atoms with Gasteiger partial charge in [-0.1, -0.05) is 127 Å². The standard InChI is InChI=1S/C61H32N8O/c1-64-45-22-25-47(53(34-45)65-2)43-21-28-55-51(32-43)50-31-42(46-23-17-37(35-62)29-44(46)36-63)20-27-54(50)69(55)56-26-19-40(41-18-24-49-48-15-9-10-16-57(48)70-58(49)33-41)30-52(56)61-67-59(38-11-5-3-6-12-38)66-60(68-61)39-13-7-4-8-14-39/h3-34H. The van der Waals surface area contributed by atoms with E-state index in [1.54, 1.807) is 24.3 Å². The van der Waals surface area contributed by atoms with Gasteiger partial charge in [0.1, 0.15) is 11.2 Å². The normalized spacial score (nSPS) is 11.1. The summed E-state index contributed by atoms with van der Waals surface area (Å²) in [6.07, 6.45) is 0. The van der Waals surface area contributed by atoms with Gasteiger partial charge >= 0.3 is 0 Å². The fourth-order valence-electron chi connectivity index (χ4n) is 9.43. The molecule has 0 fully saturated rings. The minimum atomic E-state index is 0.380. The molecule has 9 aromatic carbocycles. The third-order valence-corrected chi connectivity index (χ3v) is 12.8. The first kappa shape index (κ1) is 41.0. The zero-order valence-electron chi connectivity index (χ0n) is 37.0. The Morgan fingerprint density at radius 3 is 1.70 bits per heavy atom. The molecule has 12 aromatic rings. The van der Waals surface area contributed by atoms with Crippen molar-refractivity contribution in [1.82, 2.24) is 19.5 Å². The lowest BCUT2D eigenvalue weighted by Crippen LogP contribution is -2.04. The molecule has 0 amide bonds. The van der Waals surface area contributed by atoms with Crippen LogP contribution in [0.5, 0.6) is 0 Å². The van der Waals surface area contributed by atoms with Gasteiger partial charge in [-0.2, -0.15) is 10.5 Å². The van der Waals surface area contributed by atoms with Crippen LogP contribution in [-0.2, 0) is 0 Å². The Kier molecular flexibility index (Phi) is 9.82. The van der Waals surface area contributed by atoms with Crippen LogP contribution < -0.4 is 0 Å². The fraction of sp³-hybridized carbons (Fsp3) is 0. The predicted molar refractivity (Wildman–Crippen MR) is 276 cm³/mol. The molecule has 3 aromatic heterocycles. The molecule has 0 N–H and O–H groups in total. The molecule has 12 rings (SSSR count). The maximum atomic E-state index is 10.3. The summed E-state index contributed by atoms with van der Waals surface area (Å²) in [5.74, 6) is 1.52. The Morgan fingerprint density at radius 1 is 0.429 bits per heavy atom. The molecule has 70 heavy (non-hydrogen) atoms. The van der Waals surface area contributed by atoms with Crippen LogP contribution in [-0.4, -0.2) is 19.5 Å². The van der Waals surface area contributed by atoms with Crippen molar-refractivity contribution in [3.05, 3.63) is 228 Å². The Balaban J connectivity index is 1.15. The molecule has 9 nitrogen and oxygen atoms in total. The van der Waals surface area contributed by atoms with Crippen LogP contribution >= 0.6 is 0 Å². The van der Waals surface area contributed by atoms with Gasteiger partial charge in [-0.05, 0) is 100 Å². The number of fused-ring (bicyclic) bond motifs is 6. The summed E-state index contributed by atoms with van der Waals surface area (Å²) in [6.45, 7) is 15.6. The topological polar surface area (TPSA) is 113 Å². The first-order chi connectivity index (χ1) is 34.5. The second-order valence-corrected chi connectivity index (χ2v) is 16.8. The Bertz CT molecular complexity index is 4100. The molecule has 0 aliphatic carbocycles. The summed E-state index contributed by atoms with van der Waals surface area (Å²) >= 11 is 0. The van der Waals surface area contributed by atoms with Gasteiger partial charge in [0.2, 0.25) is 0 Å². The first-order valence-corrected chi connectivity index (χ1v) is 22.3. The summed E-state index contributed by atoms with van der Waals surface area (Å²) in [6, 6.07) is 67.6. The van der Waals surface area contributed by atoms with Crippen molar-refractivity contribution in [2.75, 3.05) is 0 Å². The molecular formula is C61H32N8O. The Hall–Kier alpha value is -10.5. The number of furan rings is 1. The van der Waals surface area contributed by atoms with Crippen molar-refractivity contribution in [1.29, 1.82) is 10.5 Å². The summed E-state index contributed by atoms with van der Waals surface area (Å²) in [4.78, 5) is 23.0. The van der Waals surface area contributed by atoms with Crippen LogP contribution in [0.15, 0.2) is 199 Å².